The molecule has 0 fully saturated rings. The summed E-state index contributed by atoms with van der Waals surface area (Å²) in [7, 11) is 3.03. The van der Waals surface area contributed by atoms with Crippen LogP contribution in [0.5, 0.6) is 5.75 Å². The zero-order chi connectivity index (χ0) is 19.3. The van der Waals surface area contributed by atoms with Gasteiger partial charge in [-0.2, -0.15) is 13.2 Å². The van der Waals surface area contributed by atoms with Crippen molar-refractivity contribution in [3.8, 4) is 16.9 Å². The van der Waals surface area contributed by atoms with Crippen molar-refractivity contribution in [2.45, 2.75) is 19.5 Å². The molecule has 140 valence electrons. The van der Waals surface area contributed by atoms with Crippen molar-refractivity contribution in [2.75, 3.05) is 26.1 Å². The summed E-state index contributed by atoms with van der Waals surface area (Å²) < 4.78 is 49.2. The summed E-state index contributed by atoms with van der Waals surface area (Å²) in [4.78, 5) is 11.7. The fourth-order valence-electron chi connectivity index (χ4n) is 2.62. The van der Waals surface area contributed by atoms with E-state index in [-0.39, 0.29) is 19.0 Å². The smallest absolute Gasteiger partial charge is 0.416 e. The van der Waals surface area contributed by atoms with Crippen LogP contribution in [0, 0.1) is 0 Å². The summed E-state index contributed by atoms with van der Waals surface area (Å²) in [5.41, 5.74) is 1.38. The topological polar surface area (TPSA) is 47.6 Å². The summed E-state index contributed by atoms with van der Waals surface area (Å²) in [5, 5.41) is 2.79. The number of methoxy groups -OCH3 is 1. The Kier molecular flexibility index (Phi) is 6.13. The van der Waals surface area contributed by atoms with Gasteiger partial charge in [0.15, 0.2) is 0 Å². The van der Waals surface area contributed by atoms with Crippen LogP contribution in [0.2, 0.25) is 0 Å². The third kappa shape index (κ3) is 4.47. The molecule has 7 heteroatoms. The molecule has 0 amide bonds. The Morgan fingerprint density at radius 1 is 1.12 bits per heavy atom. The molecule has 0 saturated heterocycles. The van der Waals surface area contributed by atoms with Gasteiger partial charge in [0.2, 0.25) is 0 Å². The number of carbonyl (C=O) groups is 1. The highest BCUT2D eigenvalue weighted by Crippen LogP contribution is 2.39. The van der Waals surface area contributed by atoms with Gasteiger partial charge in [-0.15, -0.1) is 0 Å². The maximum Gasteiger partial charge on any atom is 0.416 e. The van der Waals surface area contributed by atoms with Gasteiger partial charge >= 0.3 is 12.1 Å². The molecule has 0 bridgehead atoms. The molecule has 0 aliphatic rings. The molecule has 4 nitrogen and oxygen atoms in total. The van der Waals surface area contributed by atoms with Crippen LogP contribution < -0.4 is 10.1 Å². The van der Waals surface area contributed by atoms with E-state index >= 15 is 0 Å². The molecule has 1 N–H and O–H groups in total. The molecule has 0 aromatic heterocycles. The fraction of sp³-hybridized carbons (Fsp3) is 0.316. The Balaban J connectivity index is 2.50. The van der Waals surface area contributed by atoms with Crippen molar-refractivity contribution < 1.29 is 27.4 Å². The molecular formula is C19H20F3NO3. The lowest BCUT2D eigenvalue weighted by atomic mass is 9.97. The molecule has 2 aromatic carbocycles. The minimum Gasteiger partial charge on any atom is -0.496 e. The third-order valence-electron chi connectivity index (χ3n) is 3.82. The highest BCUT2D eigenvalue weighted by atomic mass is 19.4. The Morgan fingerprint density at radius 2 is 1.85 bits per heavy atom. The van der Waals surface area contributed by atoms with E-state index in [1.165, 1.54) is 13.2 Å². The molecule has 0 aliphatic carbocycles. The average molecular weight is 367 g/mol. The van der Waals surface area contributed by atoms with Gasteiger partial charge in [0.25, 0.3) is 0 Å². The number of carbonyl (C=O) groups excluding carboxylic acids is 1. The molecule has 2 aromatic rings. The van der Waals surface area contributed by atoms with E-state index in [1.807, 2.05) is 0 Å². The SMILES string of the molecule is CCOC(=O)Cc1ccc(OC)c(-c2ccc(C(F)(F)F)cc2NC)c1. The van der Waals surface area contributed by atoms with Crippen molar-refractivity contribution in [1.82, 2.24) is 0 Å². The van der Waals surface area contributed by atoms with Crippen LogP contribution in [-0.4, -0.2) is 26.7 Å². The van der Waals surface area contributed by atoms with Crippen molar-refractivity contribution >= 4 is 11.7 Å². The lowest BCUT2D eigenvalue weighted by Gasteiger charge is -2.16. The number of nitrogens with one attached hydrogen (secondary N) is 1. The number of esters is 1. The number of rotatable bonds is 6. The lowest BCUT2D eigenvalue weighted by molar-refractivity contribution is -0.142. The van der Waals surface area contributed by atoms with E-state index in [1.54, 1.807) is 32.2 Å². The molecule has 0 aliphatic heterocycles. The monoisotopic (exact) mass is 367 g/mol. The minimum atomic E-state index is -4.43. The first kappa shape index (κ1) is 19.6. The molecule has 2 rings (SSSR count). The summed E-state index contributed by atoms with van der Waals surface area (Å²) >= 11 is 0. The molecule has 0 unspecified atom stereocenters. The summed E-state index contributed by atoms with van der Waals surface area (Å²) in [6.07, 6.45) is -4.36. The van der Waals surface area contributed by atoms with Crippen LogP contribution in [0.4, 0.5) is 18.9 Å². The number of halogens is 3. The molecule has 26 heavy (non-hydrogen) atoms. The zero-order valence-corrected chi connectivity index (χ0v) is 14.7. The second-order valence-corrected chi connectivity index (χ2v) is 5.52. The van der Waals surface area contributed by atoms with Crippen LogP contribution in [0.15, 0.2) is 36.4 Å². The maximum absolute atomic E-state index is 13.0. The number of anilines is 1. The molecular weight excluding hydrogens is 347 g/mol. The lowest BCUT2D eigenvalue weighted by Crippen LogP contribution is -2.08. The van der Waals surface area contributed by atoms with Crippen molar-refractivity contribution in [1.29, 1.82) is 0 Å². The summed E-state index contributed by atoms with van der Waals surface area (Å²) in [5.74, 6) is 0.124. The fourth-order valence-corrected chi connectivity index (χ4v) is 2.62. The molecule has 0 saturated carbocycles. The Morgan fingerprint density at radius 3 is 2.42 bits per heavy atom. The van der Waals surface area contributed by atoms with Crippen LogP contribution in [0.1, 0.15) is 18.1 Å². The van der Waals surface area contributed by atoms with E-state index in [0.29, 0.717) is 28.1 Å². The summed E-state index contributed by atoms with van der Waals surface area (Å²) in [6.45, 7) is 2.00. The van der Waals surface area contributed by atoms with E-state index in [0.717, 1.165) is 12.1 Å². The van der Waals surface area contributed by atoms with Crippen molar-refractivity contribution in [3.63, 3.8) is 0 Å². The van der Waals surface area contributed by atoms with Gasteiger partial charge in [0.05, 0.1) is 25.7 Å². The van der Waals surface area contributed by atoms with E-state index < -0.39 is 11.7 Å². The first-order chi connectivity index (χ1) is 12.3. The maximum atomic E-state index is 13.0. The van der Waals surface area contributed by atoms with Gasteiger partial charge in [-0.25, -0.2) is 0 Å². The summed E-state index contributed by atoms with van der Waals surface area (Å²) in [6, 6.07) is 8.59. The predicted molar refractivity (Wildman–Crippen MR) is 93.3 cm³/mol. The largest absolute Gasteiger partial charge is 0.496 e. The second kappa shape index (κ2) is 8.12. The number of hydrogen-bond acceptors (Lipinski definition) is 4. The number of ether oxygens (including phenoxy) is 2. The molecule has 0 atom stereocenters. The van der Waals surface area contributed by atoms with Crippen LogP contribution in [-0.2, 0) is 22.1 Å². The Labute approximate surface area is 149 Å². The zero-order valence-electron chi connectivity index (χ0n) is 14.7. The van der Waals surface area contributed by atoms with Gasteiger partial charge in [-0.3, -0.25) is 4.79 Å². The molecule has 0 radical (unpaired) electrons. The average Bonchev–Trinajstić information content (AvgIpc) is 2.60. The highest BCUT2D eigenvalue weighted by molar-refractivity contribution is 5.83. The normalized spacial score (nSPS) is 11.2. The number of benzene rings is 2. The van der Waals surface area contributed by atoms with E-state index in [4.69, 9.17) is 9.47 Å². The molecule has 0 heterocycles. The van der Waals surface area contributed by atoms with Gasteiger partial charge in [-0.05, 0) is 36.8 Å². The molecule has 0 spiro atoms. The van der Waals surface area contributed by atoms with Crippen LogP contribution >= 0.6 is 0 Å². The first-order valence-electron chi connectivity index (χ1n) is 8.02. The second-order valence-electron chi connectivity index (χ2n) is 5.52. The Hall–Kier alpha value is -2.70. The van der Waals surface area contributed by atoms with E-state index in [2.05, 4.69) is 5.32 Å². The first-order valence-corrected chi connectivity index (χ1v) is 8.02. The van der Waals surface area contributed by atoms with Gasteiger partial charge in [0.1, 0.15) is 5.75 Å². The number of hydrogen-bond donors (Lipinski definition) is 1. The highest BCUT2D eigenvalue weighted by Gasteiger charge is 2.31. The number of alkyl halides is 3. The third-order valence-corrected chi connectivity index (χ3v) is 3.82. The van der Waals surface area contributed by atoms with E-state index in [9.17, 15) is 18.0 Å². The Bertz CT molecular complexity index is 788. The van der Waals surface area contributed by atoms with Crippen LogP contribution in [0.25, 0.3) is 11.1 Å². The predicted octanol–water partition coefficient (Wildman–Crippen LogP) is 4.53. The van der Waals surface area contributed by atoms with Gasteiger partial charge in [-0.1, -0.05) is 12.1 Å². The van der Waals surface area contributed by atoms with Crippen LogP contribution in [0.3, 0.4) is 0 Å². The van der Waals surface area contributed by atoms with Crippen molar-refractivity contribution in [3.05, 3.63) is 47.5 Å². The minimum absolute atomic E-state index is 0.0698. The standard InChI is InChI=1S/C19H20F3NO3/c1-4-26-18(24)10-12-5-8-17(25-3)15(9-12)14-7-6-13(19(20,21)22)11-16(14)23-2/h5-9,11,23H,4,10H2,1-3H3. The van der Waals surface area contributed by atoms with Crippen molar-refractivity contribution in [2.24, 2.45) is 0 Å². The van der Waals surface area contributed by atoms with Gasteiger partial charge in [0, 0.05) is 23.9 Å². The quantitative estimate of drug-likeness (QED) is 0.762. The van der Waals surface area contributed by atoms with Gasteiger partial charge < -0.3 is 14.8 Å².